The van der Waals surface area contributed by atoms with Gasteiger partial charge < -0.3 is 14.2 Å². The Kier molecular flexibility index (Phi) is 6.81. The highest BCUT2D eigenvalue weighted by atomic mass is 79.9. The first-order valence-corrected chi connectivity index (χ1v) is 11.7. The van der Waals surface area contributed by atoms with E-state index < -0.39 is 0 Å². The summed E-state index contributed by atoms with van der Waals surface area (Å²) >= 11 is 3.63. The third-order valence-electron chi connectivity index (χ3n) is 5.73. The van der Waals surface area contributed by atoms with Crippen molar-refractivity contribution in [3.8, 4) is 22.9 Å². The van der Waals surface area contributed by atoms with Gasteiger partial charge in [0.1, 0.15) is 5.75 Å². The van der Waals surface area contributed by atoms with E-state index in [0.717, 1.165) is 26.5 Å². The number of benzene rings is 3. The zero-order valence-corrected chi connectivity index (χ0v) is 20.2. The molecule has 0 atom stereocenters. The van der Waals surface area contributed by atoms with Crippen molar-refractivity contribution in [1.29, 1.82) is 5.26 Å². The summed E-state index contributed by atoms with van der Waals surface area (Å²) in [5.74, 6) is 0.503. The fraction of sp³-hybridized carbons (Fsp3) is 0.185. The summed E-state index contributed by atoms with van der Waals surface area (Å²) in [6.45, 7) is 5.71. The van der Waals surface area contributed by atoms with Crippen molar-refractivity contribution in [2.75, 3.05) is 13.1 Å². The van der Waals surface area contributed by atoms with E-state index in [1.165, 1.54) is 5.56 Å². The lowest BCUT2D eigenvalue weighted by molar-refractivity contribution is 0.157. The van der Waals surface area contributed by atoms with Crippen LogP contribution in [-0.4, -0.2) is 28.6 Å². The van der Waals surface area contributed by atoms with Crippen molar-refractivity contribution in [3.05, 3.63) is 88.5 Å². The number of hydrogen-bond donors (Lipinski definition) is 0. The lowest BCUT2D eigenvalue weighted by atomic mass is 9.99. The summed E-state index contributed by atoms with van der Waals surface area (Å²) in [4.78, 5) is 14.4. The number of aromatic nitrogens is 1. The molecule has 0 aliphatic carbocycles. The molecular weight excluding hydrogens is 478 g/mol. The van der Waals surface area contributed by atoms with Crippen molar-refractivity contribution in [1.82, 2.24) is 9.47 Å². The first-order valence-electron chi connectivity index (χ1n) is 10.9. The molecule has 4 rings (SSSR count). The fourth-order valence-electron chi connectivity index (χ4n) is 3.94. The maximum Gasteiger partial charge on any atom is 0.415 e. The second-order valence-electron chi connectivity index (χ2n) is 7.64. The lowest BCUT2D eigenvalue weighted by Gasteiger charge is -2.20. The van der Waals surface area contributed by atoms with Crippen LogP contribution >= 0.6 is 15.9 Å². The molecule has 5 nitrogen and oxygen atoms in total. The van der Waals surface area contributed by atoms with E-state index in [1.807, 2.05) is 62.5 Å². The van der Waals surface area contributed by atoms with E-state index in [0.29, 0.717) is 30.9 Å². The molecule has 4 aromatic rings. The molecule has 1 heterocycles. The molecule has 0 aliphatic heterocycles. The second-order valence-corrected chi connectivity index (χ2v) is 8.49. The third-order valence-corrected chi connectivity index (χ3v) is 6.51. The van der Waals surface area contributed by atoms with Crippen LogP contribution in [0.4, 0.5) is 4.79 Å². The molecule has 3 aromatic carbocycles. The van der Waals surface area contributed by atoms with Gasteiger partial charge in [0.25, 0.3) is 0 Å². The number of amides is 1. The van der Waals surface area contributed by atoms with Gasteiger partial charge in [-0.3, -0.25) is 0 Å². The van der Waals surface area contributed by atoms with Gasteiger partial charge in [-0.1, -0.05) is 46.3 Å². The fourth-order valence-corrected chi connectivity index (χ4v) is 4.35. The summed E-state index contributed by atoms with van der Waals surface area (Å²) in [7, 11) is 0. The van der Waals surface area contributed by atoms with Gasteiger partial charge in [-0.2, -0.15) is 5.26 Å². The highest BCUT2D eigenvalue weighted by Gasteiger charge is 2.19. The van der Waals surface area contributed by atoms with Crippen molar-refractivity contribution < 1.29 is 9.53 Å². The van der Waals surface area contributed by atoms with Gasteiger partial charge in [-0.15, -0.1) is 0 Å². The second kappa shape index (κ2) is 9.93. The zero-order chi connectivity index (χ0) is 23.4. The van der Waals surface area contributed by atoms with Gasteiger partial charge in [0, 0.05) is 46.8 Å². The van der Waals surface area contributed by atoms with Crippen molar-refractivity contribution in [3.63, 3.8) is 0 Å². The minimum absolute atomic E-state index is 0.373. The predicted molar refractivity (Wildman–Crippen MR) is 134 cm³/mol. The van der Waals surface area contributed by atoms with Crippen LogP contribution in [0.15, 0.2) is 77.4 Å². The number of nitriles is 1. The normalized spacial score (nSPS) is 10.7. The molecule has 0 saturated carbocycles. The quantitative estimate of drug-likeness (QED) is 0.290. The Bertz CT molecular complexity index is 1330. The van der Waals surface area contributed by atoms with Crippen LogP contribution in [-0.2, 0) is 6.54 Å². The van der Waals surface area contributed by atoms with E-state index >= 15 is 0 Å². The van der Waals surface area contributed by atoms with Crippen molar-refractivity contribution in [2.45, 2.75) is 20.4 Å². The number of carbonyl (C=O) groups is 1. The van der Waals surface area contributed by atoms with Gasteiger partial charge in [0.05, 0.1) is 11.6 Å². The highest BCUT2D eigenvalue weighted by molar-refractivity contribution is 9.10. The average molecular weight is 502 g/mol. The summed E-state index contributed by atoms with van der Waals surface area (Å²) in [5, 5.41) is 10.2. The summed E-state index contributed by atoms with van der Waals surface area (Å²) in [6, 6.07) is 23.6. The van der Waals surface area contributed by atoms with Gasteiger partial charge in [0.2, 0.25) is 0 Å². The number of halogens is 1. The van der Waals surface area contributed by atoms with E-state index in [-0.39, 0.29) is 6.09 Å². The SMILES string of the molecule is CCN(CC)C(=O)Oc1ccc2c(ccn2Cc2ccccc2Br)c1-c1ccc(C#N)cc1. The number of nitrogens with zero attached hydrogens (tertiary/aromatic N) is 3. The van der Waals surface area contributed by atoms with Crippen molar-refractivity contribution >= 4 is 32.9 Å². The van der Waals surface area contributed by atoms with Gasteiger partial charge in [-0.25, -0.2) is 4.79 Å². The maximum atomic E-state index is 12.7. The van der Waals surface area contributed by atoms with E-state index in [1.54, 1.807) is 17.0 Å². The highest BCUT2D eigenvalue weighted by Crippen LogP contribution is 2.38. The third kappa shape index (κ3) is 4.64. The van der Waals surface area contributed by atoms with E-state index in [4.69, 9.17) is 4.74 Å². The number of fused-ring (bicyclic) bond motifs is 1. The molecule has 0 N–H and O–H groups in total. The Hall–Kier alpha value is -3.56. The molecule has 0 aliphatic rings. The van der Waals surface area contributed by atoms with E-state index in [2.05, 4.69) is 38.7 Å². The van der Waals surface area contributed by atoms with Crippen LogP contribution in [0.3, 0.4) is 0 Å². The molecule has 1 aromatic heterocycles. The average Bonchev–Trinajstić information content (AvgIpc) is 3.24. The van der Waals surface area contributed by atoms with Crippen LogP contribution in [0.5, 0.6) is 5.75 Å². The molecule has 0 fully saturated rings. The maximum absolute atomic E-state index is 12.7. The van der Waals surface area contributed by atoms with E-state index in [9.17, 15) is 10.1 Å². The number of rotatable bonds is 6. The van der Waals surface area contributed by atoms with Crippen LogP contribution in [0, 0.1) is 11.3 Å². The molecule has 166 valence electrons. The van der Waals surface area contributed by atoms with Gasteiger partial charge in [-0.05, 0) is 61.4 Å². The predicted octanol–water partition coefficient (Wildman–Crippen LogP) is 6.83. The molecule has 0 bridgehead atoms. The standard InChI is InChI=1S/C27H24BrN3O2/c1-3-30(4-2)27(32)33-25-14-13-24-22(26(25)20-11-9-19(17-29)10-12-20)15-16-31(24)18-21-7-5-6-8-23(21)28/h5-16H,3-4,18H2,1-2H3. The molecule has 33 heavy (non-hydrogen) atoms. The number of hydrogen-bond acceptors (Lipinski definition) is 3. The Morgan fingerprint density at radius 1 is 1.03 bits per heavy atom. The Morgan fingerprint density at radius 3 is 2.42 bits per heavy atom. The Balaban J connectivity index is 1.83. The summed E-state index contributed by atoms with van der Waals surface area (Å²) < 4.78 is 9.10. The van der Waals surface area contributed by atoms with Crippen LogP contribution in [0.1, 0.15) is 25.0 Å². The number of ether oxygens (including phenoxy) is 1. The Labute approximate surface area is 201 Å². The van der Waals surface area contributed by atoms with Crippen LogP contribution < -0.4 is 4.74 Å². The largest absolute Gasteiger partial charge is 0.415 e. The van der Waals surface area contributed by atoms with Crippen LogP contribution in [0.25, 0.3) is 22.0 Å². The first kappa shape index (κ1) is 22.6. The molecule has 6 heteroatoms. The molecule has 0 unspecified atom stereocenters. The minimum Gasteiger partial charge on any atom is -0.410 e. The number of carbonyl (C=O) groups excluding carboxylic acids is 1. The molecule has 1 amide bonds. The summed E-state index contributed by atoms with van der Waals surface area (Å²) in [6.07, 6.45) is 1.68. The minimum atomic E-state index is -0.373. The molecule has 0 radical (unpaired) electrons. The monoisotopic (exact) mass is 501 g/mol. The van der Waals surface area contributed by atoms with Crippen molar-refractivity contribution in [2.24, 2.45) is 0 Å². The first-order chi connectivity index (χ1) is 16.0. The topological polar surface area (TPSA) is 58.3 Å². The zero-order valence-electron chi connectivity index (χ0n) is 18.6. The van der Waals surface area contributed by atoms with Gasteiger partial charge in [0.15, 0.2) is 0 Å². The smallest absolute Gasteiger partial charge is 0.410 e. The molecular formula is C27H24BrN3O2. The molecule has 0 saturated heterocycles. The Morgan fingerprint density at radius 2 is 1.76 bits per heavy atom. The summed E-state index contributed by atoms with van der Waals surface area (Å²) in [5.41, 5.74) is 4.52. The molecule has 0 spiro atoms. The van der Waals surface area contributed by atoms with Gasteiger partial charge >= 0.3 is 6.09 Å². The lowest BCUT2D eigenvalue weighted by Crippen LogP contribution is -2.33. The van der Waals surface area contributed by atoms with Crippen LogP contribution in [0.2, 0.25) is 0 Å².